The zero-order valence-electron chi connectivity index (χ0n) is 17.0. The first kappa shape index (κ1) is 21.6. The molecule has 0 N–H and O–H groups in total. The maximum absolute atomic E-state index is 12.5. The van der Waals surface area contributed by atoms with Gasteiger partial charge in [-0.3, -0.25) is 0 Å². The zero-order valence-corrected chi connectivity index (χ0v) is 18.6. The SMILES string of the molecule is CCCn1c(C)cc(/C=C(\C#N)C(=O)OCc2cc(=O)oc3cc(Br)ccc23)c1C. The Hall–Kier alpha value is -3.11. The number of carbonyl (C=O) groups is 1. The first-order chi connectivity index (χ1) is 14.3. The molecule has 0 aliphatic rings. The van der Waals surface area contributed by atoms with E-state index in [0.717, 1.165) is 34.4 Å². The minimum atomic E-state index is -0.740. The van der Waals surface area contributed by atoms with Crippen molar-refractivity contribution in [2.75, 3.05) is 0 Å². The Bertz CT molecular complexity index is 1240. The molecule has 0 saturated heterocycles. The summed E-state index contributed by atoms with van der Waals surface area (Å²) >= 11 is 3.33. The van der Waals surface area contributed by atoms with Crippen molar-refractivity contribution in [2.45, 2.75) is 40.3 Å². The van der Waals surface area contributed by atoms with E-state index in [0.29, 0.717) is 16.5 Å². The van der Waals surface area contributed by atoms with Crippen LogP contribution < -0.4 is 5.63 Å². The van der Waals surface area contributed by atoms with Crippen LogP contribution in [0.15, 0.2) is 49.6 Å². The van der Waals surface area contributed by atoms with Crippen LogP contribution in [-0.4, -0.2) is 10.5 Å². The number of esters is 1. The highest BCUT2D eigenvalue weighted by Gasteiger charge is 2.15. The van der Waals surface area contributed by atoms with Gasteiger partial charge in [0.15, 0.2) is 0 Å². The molecule has 3 rings (SSSR count). The minimum absolute atomic E-state index is 0.0956. The first-order valence-corrected chi connectivity index (χ1v) is 10.3. The lowest BCUT2D eigenvalue weighted by atomic mass is 10.1. The van der Waals surface area contributed by atoms with Crippen LogP contribution >= 0.6 is 15.9 Å². The van der Waals surface area contributed by atoms with Gasteiger partial charge in [-0.05, 0) is 56.2 Å². The number of aromatic nitrogens is 1. The lowest BCUT2D eigenvalue weighted by molar-refractivity contribution is -0.139. The van der Waals surface area contributed by atoms with E-state index in [1.807, 2.05) is 26.0 Å². The van der Waals surface area contributed by atoms with Crippen molar-refractivity contribution >= 4 is 38.9 Å². The van der Waals surface area contributed by atoms with Crippen molar-refractivity contribution in [3.05, 3.63) is 73.3 Å². The molecule has 3 aromatic rings. The van der Waals surface area contributed by atoms with E-state index >= 15 is 0 Å². The Morgan fingerprint density at radius 2 is 2.07 bits per heavy atom. The van der Waals surface area contributed by atoms with Gasteiger partial charge in [0, 0.05) is 39.4 Å². The number of nitriles is 1. The number of fused-ring (bicyclic) bond motifs is 1. The third-order valence-electron chi connectivity index (χ3n) is 4.85. The van der Waals surface area contributed by atoms with E-state index < -0.39 is 11.6 Å². The van der Waals surface area contributed by atoms with Crippen LogP contribution in [0, 0.1) is 25.2 Å². The van der Waals surface area contributed by atoms with E-state index in [4.69, 9.17) is 9.15 Å². The zero-order chi connectivity index (χ0) is 21.8. The largest absolute Gasteiger partial charge is 0.457 e. The van der Waals surface area contributed by atoms with Crippen molar-refractivity contribution < 1.29 is 13.9 Å². The second-order valence-electron chi connectivity index (χ2n) is 6.96. The quantitative estimate of drug-likeness (QED) is 0.219. The van der Waals surface area contributed by atoms with E-state index in [9.17, 15) is 14.9 Å². The molecule has 1 aromatic carbocycles. The van der Waals surface area contributed by atoms with Gasteiger partial charge < -0.3 is 13.7 Å². The Morgan fingerprint density at radius 3 is 2.77 bits per heavy atom. The third kappa shape index (κ3) is 4.55. The molecular weight excluding hydrogens is 448 g/mol. The molecule has 0 fully saturated rings. The molecule has 0 radical (unpaired) electrons. The van der Waals surface area contributed by atoms with Crippen LogP contribution in [0.25, 0.3) is 17.0 Å². The Morgan fingerprint density at radius 1 is 1.30 bits per heavy atom. The van der Waals surface area contributed by atoms with Gasteiger partial charge in [-0.15, -0.1) is 0 Å². The number of rotatable bonds is 6. The molecule has 0 unspecified atom stereocenters. The predicted molar refractivity (Wildman–Crippen MR) is 118 cm³/mol. The number of benzene rings is 1. The molecule has 30 heavy (non-hydrogen) atoms. The second-order valence-corrected chi connectivity index (χ2v) is 7.87. The molecule has 0 spiro atoms. The molecule has 6 nitrogen and oxygen atoms in total. The highest BCUT2D eigenvalue weighted by Crippen LogP contribution is 2.23. The maximum Gasteiger partial charge on any atom is 0.349 e. The predicted octanol–water partition coefficient (Wildman–Crippen LogP) is 5.03. The number of carbonyl (C=O) groups excluding carboxylic acids is 1. The van der Waals surface area contributed by atoms with Crippen LogP contribution in [0.4, 0.5) is 0 Å². The summed E-state index contributed by atoms with van der Waals surface area (Å²) in [6.45, 7) is 6.78. The van der Waals surface area contributed by atoms with E-state index in [1.165, 1.54) is 6.07 Å². The summed E-state index contributed by atoms with van der Waals surface area (Å²) in [5.41, 5.74) is 3.15. The fraction of sp³-hybridized carbons (Fsp3) is 0.261. The minimum Gasteiger partial charge on any atom is -0.457 e. The van der Waals surface area contributed by atoms with Crippen molar-refractivity contribution in [1.82, 2.24) is 4.57 Å². The van der Waals surface area contributed by atoms with E-state index in [1.54, 1.807) is 24.3 Å². The standard InChI is InChI=1S/C23H21BrN2O4/c1-4-7-26-14(2)8-16(15(26)3)9-17(12-25)23(28)29-13-18-10-22(27)30-21-11-19(24)5-6-20(18)21/h5-6,8-11H,4,7,13H2,1-3H3/b17-9+. The summed E-state index contributed by atoms with van der Waals surface area (Å²) in [5, 5.41) is 10.1. The monoisotopic (exact) mass is 468 g/mol. The number of ether oxygens (including phenoxy) is 1. The number of aryl methyl sites for hydroxylation is 1. The molecule has 0 saturated carbocycles. The molecule has 0 aliphatic carbocycles. The van der Waals surface area contributed by atoms with Crippen molar-refractivity contribution in [1.29, 1.82) is 5.26 Å². The van der Waals surface area contributed by atoms with Gasteiger partial charge in [0.05, 0.1) is 0 Å². The van der Waals surface area contributed by atoms with Crippen LogP contribution in [0.3, 0.4) is 0 Å². The van der Waals surface area contributed by atoms with Gasteiger partial charge in [0.25, 0.3) is 0 Å². The lowest BCUT2D eigenvalue weighted by Crippen LogP contribution is -2.09. The molecule has 2 aromatic heterocycles. The summed E-state index contributed by atoms with van der Waals surface area (Å²) in [6.07, 6.45) is 2.54. The highest BCUT2D eigenvalue weighted by atomic mass is 79.9. The number of hydrogen-bond acceptors (Lipinski definition) is 5. The number of nitrogens with zero attached hydrogens (tertiary/aromatic N) is 2. The fourth-order valence-corrected chi connectivity index (χ4v) is 3.72. The van der Waals surface area contributed by atoms with Crippen molar-refractivity contribution in [2.24, 2.45) is 0 Å². The van der Waals surface area contributed by atoms with Gasteiger partial charge >= 0.3 is 11.6 Å². The average molecular weight is 469 g/mol. The lowest BCUT2D eigenvalue weighted by Gasteiger charge is -2.08. The van der Waals surface area contributed by atoms with E-state index in [2.05, 4.69) is 27.4 Å². The molecule has 0 amide bonds. The summed E-state index contributed by atoms with van der Waals surface area (Å²) in [5.74, 6) is -0.740. The van der Waals surface area contributed by atoms with Crippen LogP contribution in [0.5, 0.6) is 0 Å². The third-order valence-corrected chi connectivity index (χ3v) is 5.34. The van der Waals surface area contributed by atoms with Gasteiger partial charge in [0.2, 0.25) is 0 Å². The Kier molecular flexibility index (Phi) is 6.58. The molecule has 2 heterocycles. The summed E-state index contributed by atoms with van der Waals surface area (Å²) in [6, 6.07) is 10.4. The van der Waals surface area contributed by atoms with Crippen molar-refractivity contribution in [3.8, 4) is 6.07 Å². The van der Waals surface area contributed by atoms with Crippen LogP contribution in [-0.2, 0) is 22.7 Å². The van der Waals surface area contributed by atoms with Crippen LogP contribution in [0.2, 0.25) is 0 Å². The van der Waals surface area contributed by atoms with Crippen LogP contribution in [0.1, 0.15) is 35.9 Å². The summed E-state index contributed by atoms with van der Waals surface area (Å²) < 4.78 is 13.5. The Labute approximate surface area is 182 Å². The average Bonchev–Trinajstić information content (AvgIpc) is 2.97. The maximum atomic E-state index is 12.5. The molecule has 0 atom stereocenters. The highest BCUT2D eigenvalue weighted by molar-refractivity contribution is 9.10. The molecule has 154 valence electrons. The molecular formula is C23H21BrN2O4. The second kappa shape index (κ2) is 9.14. The summed E-state index contributed by atoms with van der Waals surface area (Å²) in [7, 11) is 0. The van der Waals surface area contributed by atoms with Gasteiger partial charge in [-0.25, -0.2) is 9.59 Å². The normalized spacial score (nSPS) is 11.5. The number of halogens is 1. The fourth-order valence-electron chi connectivity index (χ4n) is 3.38. The van der Waals surface area contributed by atoms with Gasteiger partial charge in [0.1, 0.15) is 23.8 Å². The molecule has 0 bridgehead atoms. The van der Waals surface area contributed by atoms with Crippen molar-refractivity contribution in [3.63, 3.8) is 0 Å². The van der Waals surface area contributed by atoms with E-state index in [-0.39, 0.29) is 12.2 Å². The topological polar surface area (TPSA) is 85.2 Å². The van der Waals surface area contributed by atoms with Gasteiger partial charge in [-0.1, -0.05) is 22.9 Å². The summed E-state index contributed by atoms with van der Waals surface area (Å²) in [4.78, 5) is 24.4. The Balaban J connectivity index is 1.85. The molecule has 7 heteroatoms. The smallest absolute Gasteiger partial charge is 0.349 e. The molecule has 0 aliphatic heterocycles. The first-order valence-electron chi connectivity index (χ1n) is 9.52. The number of hydrogen-bond donors (Lipinski definition) is 0. The van der Waals surface area contributed by atoms with Gasteiger partial charge in [-0.2, -0.15) is 5.26 Å².